The SMILES string of the molecule is CCC(C)Oc1ccc(CC(N)=S)cc1. The first-order valence-electron chi connectivity index (χ1n) is 5.15. The van der Waals surface area contributed by atoms with Gasteiger partial charge in [0.05, 0.1) is 11.1 Å². The molecule has 2 nitrogen and oxygen atoms in total. The van der Waals surface area contributed by atoms with Crippen LogP contribution in [-0.4, -0.2) is 11.1 Å². The monoisotopic (exact) mass is 223 g/mol. The van der Waals surface area contributed by atoms with Crippen LogP contribution in [0.4, 0.5) is 0 Å². The van der Waals surface area contributed by atoms with E-state index in [1.807, 2.05) is 24.3 Å². The molecule has 0 saturated heterocycles. The minimum absolute atomic E-state index is 0.256. The van der Waals surface area contributed by atoms with E-state index in [0.29, 0.717) is 11.4 Å². The van der Waals surface area contributed by atoms with E-state index in [9.17, 15) is 0 Å². The zero-order valence-electron chi connectivity index (χ0n) is 9.19. The van der Waals surface area contributed by atoms with Gasteiger partial charge in [-0.25, -0.2) is 0 Å². The summed E-state index contributed by atoms with van der Waals surface area (Å²) < 4.78 is 5.66. The van der Waals surface area contributed by atoms with Crippen molar-refractivity contribution in [1.29, 1.82) is 0 Å². The topological polar surface area (TPSA) is 35.2 Å². The lowest BCUT2D eigenvalue weighted by Gasteiger charge is -2.12. The second-order valence-corrected chi connectivity index (χ2v) is 4.15. The second-order valence-electron chi connectivity index (χ2n) is 3.62. The third-order valence-electron chi connectivity index (χ3n) is 2.21. The van der Waals surface area contributed by atoms with Gasteiger partial charge in [0.2, 0.25) is 0 Å². The van der Waals surface area contributed by atoms with Crippen LogP contribution in [0.3, 0.4) is 0 Å². The van der Waals surface area contributed by atoms with Gasteiger partial charge in [0.1, 0.15) is 5.75 Å². The smallest absolute Gasteiger partial charge is 0.119 e. The van der Waals surface area contributed by atoms with Gasteiger partial charge in [-0.2, -0.15) is 0 Å². The average molecular weight is 223 g/mol. The van der Waals surface area contributed by atoms with Crippen LogP contribution >= 0.6 is 12.2 Å². The van der Waals surface area contributed by atoms with E-state index in [1.54, 1.807) is 0 Å². The Morgan fingerprint density at radius 1 is 1.40 bits per heavy atom. The average Bonchev–Trinajstić information content (AvgIpc) is 2.20. The van der Waals surface area contributed by atoms with Gasteiger partial charge in [-0.15, -0.1) is 0 Å². The van der Waals surface area contributed by atoms with Crippen molar-refractivity contribution in [1.82, 2.24) is 0 Å². The molecule has 0 bridgehead atoms. The van der Waals surface area contributed by atoms with Gasteiger partial charge in [0.25, 0.3) is 0 Å². The lowest BCUT2D eigenvalue weighted by atomic mass is 10.1. The minimum Gasteiger partial charge on any atom is -0.491 e. The van der Waals surface area contributed by atoms with Gasteiger partial charge in [-0.05, 0) is 31.0 Å². The van der Waals surface area contributed by atoms with Crippen molar-refractivity contribution in [2.24, 2.45) is 5.73 Å². The molecule has 3 heteroatoms. The van der Waals surface area contributed by atoms with E-state index in [-0.39, 0.29) is 6.10 Å². The minimum atomic E-state index is 0.256. The summed E-state index contributed by atoms with van der Waals surface area (Å²) in [4.78, 5) is 0.519. The molecule has 0 amide bonds. The lowest BCUT2D eigenvalue weighted by molar-refractivity contribution is 0.217. The molecule has 1 aromatic carbocycles. The predicted molar refractivity (Wildman–Crippen MR) is 67.3 cm³/mol. The number of benzene rings is 1. The molecule has 0 spiro atoms. The van der Waals surface area contributed by atoms with Gasteiger partial charge in [-0.3, -0.25) is 0 Å². The fourth-order valence-corrected chi connectivity index (χ4v) is 1.37. The van der Waals surface area contributed by atoms with Crippen LogP contribution in [0.2, 0.25) is 0 Å². The third-order valence-corrected chi connectivity index (χ3v) is 2.36. The van der Waals surface area contributed by atoms with Crippen LogP contribution in [0.15, 0.2) is 24.3 Å². The quantitative estimate of drug-likeness (QED) is 0.779. The van der Waals surface area contributed by atoms with Gasteiger partial charge in [0, 0.05) is 6.42 Å². The van der Waals surface area contributed by atoms with Crippen molar-refractivity contribution in [3.63, 3.8) is 0 Å². The molecule has 82 valence electrons. The summed E-state index contributed by atoms with van der Waals surface area (Å²) in [7, 11) is 0. The molecule has 0 fully saturated rings. The maximum Gasteiger partial charge on any atom is 0.119 e. The Hall–Kier alpha value is -1.09. The predicted octanol–water partition coefficient (Wildman–Crippen LogP) is 2.69. The van der Waals surface area contributed by atoms with E-state index in [4.69, 9.17) is 22.7 Å². The fourth-order valence-electron chi connectivity index (χ4n) is 1.20. The van der Waals surface area contributed by atoms with Crippen molar-refractivity contribution in [2.75, 3.05) is 0 Å². The van der Waals surface area contributed by atoms with Crippen molar-refractivity contribution in [2.45, 2.75) is 32.8 Å². The van der Waals surface area contributed by atoms with E-state index >= 15 is 0 Å². The van der Waals surface area contributed by atoms with Crippen LogP contribution in [0.25, 0.3) is 0 Å². The van der Waals surface area contributed by atoms with E-state index < -0.39 is 0 Å². The molecule has 15 heavy (non-hydrogen) atoms. The maximum atomic E-state index is 5.66. The van der Waals surface area contributed by atoms with Crippen molar-refractivity contribution < 1.29 is 4.74 Å². The molecule has 2 N–H and O–H groups in total. The molecule has 1 atom stereocenters. The van der Waals surface area contributed by atoms with Crippen LogP contribution in [0, 0.1) is 0 Å². The van der Waals surface area contributed by atoms with Gasteiger partial charge >= 0.3 is 0 Å². The number of rotatable bonds is 5. The highest BCUT2D eigenvalue weighted by molar-refractivity contribution is 7.80. The van der Waals surface area contributed by atoms with Crippen molar-refractivity contribution >= 4 is 17.2 Å². The van der Waals surface area contributed by atoms with Crippen molar-refractivity contribution in [3.05, 3.63) is 29.8 Å². The molecule has 1 aromatic rings. The van der Waals surface area contributed by atoms with E-state index in [2.05, 4.69) is 13.8 Å². The molecule has 1 rings (SSSR count). The second kappa shape index (κ2) is 5.71. The number of nitrogens with two attached hydrogens (primary N) is 1. The molecule has 0 aliphatic rings. The summed E-state index contributed by atoms with van der Waals surface area (Å²) >= 11 is 4.85. The summed E-state index contributed by atoms with van der Waals surface area (Å²) in [6.45, 7) is 4.16. The van der Waals surface area contributed by atoms with Gasteiger partial charge in [0.15, 0.2) is 0 Å². The first kappa shape index (κ1) is 12.0. The highest BCUT2D eigenvalue weighted by atomic mass is 32.1. The molecular formula is C12H17NOS. The molecule has 0 aromatic heterocycles. The molecule has 0 aliphatic carbocycles. The van der Waals surface area contributed by atoms with E-state index in [1.165, 1.54) is 0 Å². The van der Waals surface area contributed by atoms with Crippen LogP contribution < -0.4 is 10.5 Å². The molecule has 0 heterocycles. The molecule has 0 aliphatic heterocycles. The molecule has 0 radical (unpaired) electrons. The zero-order valence-corrected chi connectivity index (χ0v) is 10.0. The summed E-state index contributed by atoms with van der Waals surface area (Å²) in [6.07, 6.45) is 1.92. The molecular weight excluding hydrogens is 206 g/mol. The number of hydrogen-bond donors (Lipinski definition) is 1. The van der Waals surface area contributed by atoms with Crippen LogP contribution in [0.5, 0.6) is 5.75 Å². The third kappa shape index (κ3) is 4.30. The largest absolute Gasteiger partial charge is 0.491 e. The Balaban J connectivity index is 2.60. The fraction of sp³-hybridized carbons (Fsp3) is 0.417. The number of thiocarbonyl (C=S) groups is 1. The highest BCUT2D eigenvalue weighted by Crippen LogP contribution is 2.15. The Morgan fingerprint density at radius 2 is 2.00 bits per heavy atom. The summed E-state index contributed by atoms with van der Waals surface area (Å²) in [6, 6.07) is 7.91. The normalized spacial score (nSPS) is 12.1. The first-order valence-corrected chi connectivity index (χ1v) is 5.56. The Bertz CT molecular complexity index is 321. The lowest BCUT2D eigenvalue weighted by Crippen LogP contribution is -2.11. The highest BCUT2D eigenvalue weighted by Gasteiger charge is 2.01. The summed E-state index contributed by atoms with van der Waals surface area (Å²) in [5.41, 5.74) is 6.59. The Labute approximate surface area is 96.4 Å². The molecule has 0 saturated carbocycles. The summed E-state index contributed by atoms with van der Waals surface area (Å²) in [5.74, 6) is 0.899. The van der Waals surface area contributed by atoms with Gasteiger partial charge in [-0.1, -0.05) is 31.3 Å². The van der Waals surface area contributed by atoms with Crippen molar-refractivity contribution in [3.8, 4) is 5.75 Å². The first-order chi connectivity index (χ1) is 7.11. The Morgan fingerprint density at radius 3 is 2.47 bits per heavy atom. The maximum absolute atomic E-state index is 5.66. The van der Waals surface area contributed by atoms with Crippen LogP contribution in [-0.2, 0) is 6.42 Å². The van der Waals surface area contributed by atoms with Crippen LogP contribution in [0.1, 0.15) is 25.8 Å². The zero-order chi connectivity index (χ0) is 11.3. The number of hydrogen-bond acceptors (Lipinski definition) is 2. The number of ether oxygens (including phenoxy) is 1. The van der Waals surface area contributed by atoms with E-state index in [0.717, 1.165) is 17.7 Å². The van der Waals surface area contributed by atoms with Gasteiger partial charge < -0.3 is 10.5 Å². The molecule has 1 unspecified atom stereocenters. The standard InChI is InChI=1S/C12H17NOS/c1-3-9(2)14-11-6-4-10(5-7-11)8-12(13)15/h4-7,9H,3,8H2,1-2H3,(H2,13,15). The summed E-state index contributed by atoms with van der Waals surface area (Å²) in [5, 5.41) is 0. The Kier molecular flexibility index (Phi) is 4.56.